The predicted octanol–water partition coefficient (Wildman–Crippen LogP) is 1.68. The van der Waals surface area contributed by atoms with Gasteiger partial charge in [-0.3, -0.25) is 9.69 Å². The monoisotopic (exact) mass is 229 g/mol. The lowest BCUT2D eigenvalue weighted by Crippen LogP contribution is -2.53. The molecule has 86 valence electrons. The van der Waals surface area contributed by atoms with Gasteiger partial charge in [-0.1, -0.05) is 6.92 Å². The summed E-state index contributed by atoms with van der Waals surface area (Å²) in [6.07, 6.45) is 2.20. The summed E-state index contributed by atoms with van der Waals surface area (Å²) < 4.78 is 0. The molecule has 4 heteroatoms. The van der Waals surface area contributed by atoms with Crippen molar-refractivity contribution in [2.24, 2.45) is 5.92 Å². The van der Waals surface area contributed by atoms with E-state index in [0.29, 0.717) is 17.2 Å². The van der Waals surface area contributed by atoms with Crippen LogP contribution in [0.25, 0.3) is 0 Å². The Morgan fingerprint density at radius 2 is 2.13 bits per heavy atom. The van der Waals surface area contributed by atoms with E-state index in [-0.39, 0.29) is 6.04 Å². The lowest BCUT2D eigenvalue weighted by atomic mass is 10.1. The van der Waals surface area contributed by atoms with E-state index >= 15 is 0 Å². The molecule has 1 aliphatic carbocycles. The molecule has 1 saturated heterocycles. The standard InChI is InChI=1S/C11H19NO2S/c1-7-8(2)15-6-5-12(7)10(11(13)14)9-3-4-9/h7-10H,3-6H2,1-2H3,(H,13,14). The van der Waals surface area contributed by atoms with Crippen molar-refractivity contribution in [3.05, 3.63) is 0 Å². The first-order valence-electron chi connectivity index (χ1n) is 5.71. The van der Waals surface area contributed by atoms with Crippen LogP contribution in [-0.2, 0) is 4.79 Å². The molecule has 2 aliphatic rings. The maximum atomic E-state index is 11.3. The van der Waals surface area contributed by atoms with Crippen molar-refractivity contribution >= 4 is 17.7 Å². The van der Waals surface area contributed by atoms with Crippen LogP contribution in [0.1, 0.15) is 26.7 Å². The molecule has 0 aromatic rings. The summed E-state index contributed by atoms with van der Waals surface area (Å²) in [5.74, 6) is 0.867. The fourth-order valence-corrected chi connectivity index (χ4v) is 3.50. The summed E-state index contributed by atoms with van der Waals surface area (Å²) in [5, 5.41) is 9.85. The normalized spacial score (nSPS) is 35.1. The highest BCUT2D eigenvalue weighted by Crippen LogP contribution is 2.38. The van der Waals surface area contributed by atoms with Gasteiger partial charge in [0.2, 0.25) is 0 Å². The minimum atomic E-state index is -0.622. The fraction of sp³-hybridized carbons (Fsp3) is 0.909. The summed E-state index contributed by atoms with van der Waals surface area (Å²) in [6, 6.07) is 0.175. The van der Waals surface area contributed by atoms with Crippen molar-refractivity contribution in [3.8, 4) is 0 Å². The molecule has 0 spiro atoms. The van der Waals surface area contributed by atoms with Gasteiger partial charge in [0, 0.05) is 23.6 Å². The van der Waals surface area contributed by atoms with Crippen LogP contribution in [0.3, 0.4) is 0 Å². The van der Waals surface area contributed by atoms with Gasteiger partial charge in [0.15, 0.2) is 0 Å². The van der Waals surface area contributed by atoms with E-state index in [1.807, 2.05) is 11.8 Å². The third-order valence-electron chi connectivity index (χ3n) is 3.61. The molecule has 0 radical (unpaired) electrons. The van der Waals surface area contributed by atoms with E-state index in [9.17, 15) is 9.90 Å². The van der Waals surface area contributed by atoms with Crippen LogP contribution < -0.4 is 0 Å². The molecule has 0 aromatic carbocycles. The van der Waals surface area contributed by atoms with Crippen molar-refractivity contribution in [2.45, 2.75) is 44.0 Å². The Kier molecular flexibility index (Phi) is 3.26. The molecule has 2 rings (SSSR count). The second-order valence-electron chi connectivity index (χ2n) is 4.67. The van der Waals surface area contributed by atoms with Crippen LogP contribution in [0.2, 0.25) is 0 Å². The Morgan fingerprint density at radius 1 is 1.47 bits per heavy atom. The minimum absolute atomic E-state index is 0.219. The molecule has 15 heavy (non-hydrogen) atoms. The average Bonchev–Trinajstić information content (AvgIpc) is 2.96. The first kappa shape index (κ1) is 11.3. The number of carboxylic acids is 1. The lowest BCUT2D eigenvalue weighted by Gasteiger charge is -2.41. The van der Waals surface area contributed by atoms with E-state index in [2.05, 4.69) is 18.7 Å². The van der Waals surface area contributed by atoms with E-state index in [1.54, 1.807) is 0 Å². The molecule has 0 aromatic heterocycles. The van der Waals surface area contributed by atoms with Gasteiger partial charge in [0.05, 0.1) is 0 Å². The summed E-state index contributed by atoms with van der Waals surface area (Å²) in [5.41, 5.74) is 0. The Morgan fingerprint density at radius 3 is 2.67 bits per heavy atom. The average molecular weight is 229 g/mol. The first-order valence-corrected chi connectivity index (χ1v) is 6.76. The highest BCUT2D eigenvalue weighted by atomic mass is 32.2. The Hall–Kier alpha value is -0.220. The van der Waals surface area contributed by atoms with Crippen molar-refractivity contribution in [2.75, 3.05) is 12.3 Å². The van der Waals surface area contributed by atoms with Gasteiger partial charge >= 0.3 is 5.97 Å². The predicted molar refractivity (Wildman–Crippen MR) is 62.2 cm³/mol. The van der Waals surface area contributed by atoms with Crippen LogP contribution in [0.4, 0.5) is 0 Å². The molecule has 1 heterocycles. The number of thioether (sulfide) groups is 1. The second kappa shape index (κ2) is 4.34. The number of hydrogen-bond donors (Lipinski definition) is 1. The number of rotatable bonds is 3. The largest absolute Gasteiger partial charge is 0.480 e. The van der Waals surface area contributed by atoms with Gasteiger partial charge in [-0.25, -0.2) is 0 Å². The number of carboxylic acid groups (broad SMARTS) is 1. The molecule has 1 saturated carbocycles. The van der Waals surface area contributed by atoms with Gasteiger partial charge in [-0.2, -0.15) is 11.8 Å². The summed E-state index contributed by atoms with van der Waals surface area (Å²) in [7, 11) is 0. The molecule has 3 nitrogen and oxygen atoms in total. The van der Waals surface area contributed by atoms with Crippen molar-refractivity contribution in [1.29, 1.82) is 0 Å². The van der Waals surface area contributed by atoms with Gasteiger partial charge in [-0.15, -0.1) is 0 Å². The van der Waals surface area contributed by atoms with Gasteiger partial charge in [0.25, 0.3) is 0 Å². The van der Waals surface area contributed by atoms with Crippen LogP contribution in [-0.4, -0.2) is 45.6 Å². The van der Waals surface area contributed by atoms with Crippen LogP contribution in [0, 0.1) is 5.92 Å². The van der Waals surface area contributed by atoms with Crippen molar-refractivity contribution in [3.63, 3.8) is 0 Å². The molecule has 3 atom stereocenters. The Bertz CT molecular complexity index is 255. The second-order valence-corrected chi connectivity index (χ2v) is 6.16. The number of hydrogen-bond acceptors (Lipinski definition) is 3. The molecule has 1 N–H and O–H groups in total. The van der Waals surface area contributed by atoms with E-state index in [0.717, 1.165) is 25.1 Å². The zero-order chi connectivity index (χ0) is 11.0. The Balaban J connectivity index is 2.08. The summed E-state index contributed by atoms with van der Waals surface area (Å²) in [4.78, 5) is 13.5. The van der Waals surface area contributed by atoms with Crippen molar-refractivity contribution in [1.82, 2.24) is 4.90 Å². The summed E-state index contributed by atoms with van der Waals surface area (Å²) >= 11 is 1.96. The summed E-state index contributed by atoms with van der Waals surface area (Å²) in [6.45, 7) is 5.30. The number of carbonyl (C=O) groups is 1. The van der Waals surface area contributed by atoms with E-state index in [4.69, 9.17) is 0 Å². The molecule has 3 unspecified atom stereocenters. The highest BCUT2D eigenvalue weighted by Gasteiger charge is 2.43. The number of nitrogens with zero attached hydrogens (tertiary/aromatic N) is 1. The zero-order valence-corrected chi connectivity index (χ0v) is 10.2. The minimum Gasteiger partial charge on any atom is -0.480 e. The van der Waals surface area contributed by atoms with Gasteiger partial charge in [-0.05, 0) is 25.7 Å². The maximum absolute atomic E-state index is 11.3. The van der Waals surface area contributed by atoms with Gasteiger partial charge < -0.3 is 5.11 Å². The van der Waals surface area contributed by atoms with Crippen LogP contribution in [0.15, 0.2) is 0 Å². The molecular weight excluding hydrogens is 210 g/mol. The molecule has 2 fully saturated rings. The molecule has 0 bridgehead atoms. The van der Waals surface area contributed by atoms with Gasteiger partial charge in [0.1, 0.15) is 6.04 Å². The molecule has 1 aliphatic heterocycles. The molecular formula is C11H19NO2S. The third-order valence-corrected chi connectivity index (χ3v) is 4.95. The first-order chi connectivity index (χ1) is 7.11. The topological polar surface area (TPSA) is 40.5 Å². The smallest absolute Gasteiger partial charge is 0.321 e. The number of aliphatic carboxylic acids is 1. The van der Waals surface area contributed by atoms with E-state index in [1.165, 1.54) is 0 Å². The van der Waals surface area contributed by atoms with E-state index < -0.39 is 5.97 Å². The van der Waals surface area contributed by atoms with Crippen LogP contribution >= 0.6 is 11.8 Å². The lowest BCUT2D eigenvalue weighted by molar-refractivity contribution is -0.145. The molecule has 0 amide bonds. The highest BCUT2D eigenvalue weighted by molar-refractivity contribution is 8.00. The van der Waals surface area contributed by atoms with Crippen LogP contribution in [0.5, 0.6) is 0 Å². The Labute approximate surface area is 95.2 Å². The third kappa shape index (κ3) is 2.31. The fourth-order valence-electron chi connectivity index (χ4n) is 2.38. The maximum Gasteiger partial charge on any atom is 0.321 e. The zero-order valence-electron chi connectivity index (χ0n) is 9.35. The quantitative estimate of drug-likeness (QED) is 0.799. The SMILES string of the molecule is CC1SCCN(C(C(=O)O)C2CC2)C1C. The van der Waals surface area contributed by atoms with Crippen molar-refractivity contribution < 1.29 is 9.90 Å².